The van der Waals surface area contributed by atoms with Crippen LogP contribution in [0.4, 0.5) is 0 Å². The lowest BCUT2D eigenvalue weighted by molar-refractivity contribution is -0.310. The Morgan fingerprint density at radius 1 is 1.08 bits per heavy atom. The van der Waals surface area contributed by atoms with Crippen LogP contribution in [0.2, 0.25) is 0 Å². The molecule has 1 saturated heterocycles. The highest BCUT2D eigenvalue weighted by Crippen LogP contribution is 2.52. The van der Waals surface area contributed by atoms with E-state index in [2.05, 4.69) is 10.6 Å². The molecule has 2 saturated carbocycles. The van der Waals surface area contributed by atoms with E-state index in [9.17, 15) is 34.5 Å². The van der Waals surface area contributed by atoms with Crippen molar-refractivity contribution in [3.8, 4) is 0 Å². The average Bonchev–Trinajstić information content (AvgIpc) is 2.86. The first-order valence-corrected chi connectivity index (χ1v) is 14.0. The van der Waals surface area contributed by atoms with Crippen LogP contribution in [-0.2, 0) is 23.9 Å². The van der Waals surface area contributed by atoms with Gasteiger partial charge in [0.2, 0.25) is 0 Å². The van der Waals surface area contributed by atoms with E-state index in [1.165, 1.54) is 0 Å². The molecule has 0 aromatic carbocycles. The summed E-state index contributed by atoms with van der Waals surface area (Å²) in [6, 6.07) is -0.162. The molecule has 3 aliphatic carbocycles. The standard InChI is InChI=1S/C27H37N3O8S/c31-16-6-8-19-22(12-16)38-21-4-2-1-3-18(21)25(19)17-7-5-15(11-20(17)26(36)37)29-27(39)28-9-10-30(13-23(32)33)14-24(34)35/h6,8,12,15,17-21,25H,1-5,7,9-11,13-14H2,(H,32,33)(H,34,35)(H,36,37)(H2,28,29,39)/p-2. The Kier molecular flexibility index (Phi) is 9.60. The average molecular weight is 562 g/mol. The summed E-state index contributed by atoms with van der Waals surface area (Å²) in [6.07, 6.45) is 10.9. The molecule has 7 atom stereocenters. The van der Waals surface area contributed by atoms with E-state index in [0.29, 0.717) is 23.7 Å². The number of fused-ring (bicyclic) bond motifs is 2. The summed E-state index contributed by atoms with van der Waals surface area (Å²) in [4.78, 5) is 47.4. The maximum Gasteiger partial charge on any atom is 0.306 e. The number of nitrogens with one attached hydrogen (secondary N) is 2. The highest BCUT2D eigenvalue weighted by Gasteiger charge is 2.51. The number of carboxylic acid groups (broad SMARTS) is 3. The molecule has 4 rings (SSSR count). The van der Waals surface area contributed by atoms with Crippen molar-refractivity contribution in [2.75, 3.05) is 26.2 Å². The number of thiocarbonyl (C=S) groups is 1. The fraction of sp³-hybridized carbons (Fsp3) is 0.667. The fourth-order valence-electron chi connectivity index (χ4n) is 6.96. The van der Waals surface area contributed by atoms with Crippen molar-refractivity contribution in [3.63, 3.8) is 0 Å². The minimum atomic E-state index is -1.39. The highest BCUT2D eigenvalue weighted by atomic mass is 32.1. The molecule has 1 heterocycles. The highest BCUT2D eigenvalue weighted by molar-refractivity contribution is 7.80. The molecule has 12 heteroatoms. The first-order chi connectivity index (χ1) is 18.6. The number of hydrogen-bond acceptors (Lipinski definition) is 9. The minimum absolute atomic E-state index is 0.0148. The SMILES string of the molecule is O=C1C=CC2C(=C1)OC1CCCCC1C2C1CCC(NC(=S)NCCN(CC(=O)[O-])CC(=O)[O-])CC1C(=O)O. The second-order valence-corrected chi connectivity index (χ2v) is 11.4. The lowest BCUT2D eigenvalue weighted by Gasteiger charge is -2.51. The summed E-state index contributed by atoms with van der Waals surface area (Å²) in [6.45, 7) is -0.810. The van der Waals surface area contributed by atoms with E-state index in [-0.39, 0.29) is 54.7 Å². The van der Waals surface area contributed by atoms with Gasteiger partial charge in [-0.3, -0.25) is 14.5 Å². The van der Waals surface area contributed by atoms with Gasteiger partial charge in [-0.1, -0.05) is 12.5 Å². The molecule has 7 unspecified atom stereocenters. The molecule has 0 spiro atoms. The molecule has 3 N–H and O–H groups in total. The van der Waals surface area contributed by atoms with Gasteiger partial charge in [-0.2, -0.15) is 0 Å². The van der Waals surface area contributed by atoms with Crippen LogP contribution in [0.25, 0.3) is 0 Å². The van der Waals surface area contributed by atoms with Crippen LogP contribution in [0, 0.1) is 29.6 Å². The van der Waals surface area contributed by atoms with E-state index < -0.39 is 36.9 Å². The molecule has 0 radical (unpaired) electrons. The number of carboxylic acids is 3. The molecule has 0 aromatic rings. The van der Waals surface area contributed by atoms with Crippen molar-refractivity contribution < 1.29 is 39.2 Å². The third kappa shape index (κ3) is 7.36. The lowest BCUT2D eigenvalue weighted by atomic mass is 9.58. The van der Waals surface area contributed by atoms with Gasteiger partial charge >= 0.3 is 5.97 Å². The predicted octanol–water partition coefficient (Wildman–Crippen LogP) is -1.03. The third-order valence-corrected chi connectivity index (χ3v) is 8.76. The Morgan fingerprint density at radius 2 is 1.79 bits per heavy atom. The molecule has 39 heavy (non-hydrogen) atoms. The smallest absolute Gasteiger partial charge is 0.306 e. The van der Waals surface area contributed by atoms with Crippen LogP contribution in [0.1, 0.15) is 44.9 Å². The van der Waals surface area contributed by atoms with Gasteiger partial charge in [0, 0.05) is 44.2 Å². The molecule has 0 amide bonds. The van der Waals surface area contributed by atoms with Gasteiger partial charge in [-0.25, -0.2) is 0 Å². The number of nitrogens with zero attached hydrogens (tertiary/aromatic N) is 1. The predicted molar refractivity (Wildman–Crippen MR) is 138 cm³/mol. The fourth-order valence-corrected chi connectivity index (χ4v) is 7.23. The largest absolute Gasteiger partial charge is 0.549 e. The molecule has 3 fully saturated rings. The topological polar surface area (TPSA) is 171 Å². The molecule has 0 bridgehead atoms. The summed E-state index contributed by atoms with van der Waals surface area (Å²) in [5, 5.41) is 38.4. The van der Waals surface area contributed by atoms with E-state index in [1.807, 2.05) is 6.08 Å². The monoisotopic (exact) mass is 561 g/mol. The second-order valence-electron chi connectivity index (χ2n) is 11.0. The third-order valence-electron chi connectivity index (χ3n) is 8.50. The lowest BCUT2D eigenvalue weighted by Crippen LogP contribution is -2.53. The summed E-state index contributed by atoms with van der Waals surface area (Å²) in [7, 11) is 0. The van der Waals surface area contributed by atoms with Gasteiger partial charge in [-0.15, -0.1) is 0 Å². The first kappa shape index (κ1) is 29.0. The van der Waals surface area contributed by atoms with Crippen molar-refractivity contribution in [1.29, 1.82) is 0 Å². The maximum absolute atomic E-state index is 12.5. The van der Waals surface area contributed by atoms with Crippen molar-refractivity contribution in [1.82, 2.24) is 15.5 Å². The number of carbonyl (C=O) groups is 4. The van der Waals surface area contributed by atoms with Gasteiger partial charge in [-0.05, 0) is 74.6 Å². The number of carbonyl (C=O) groups excluding carboxylic acids is 3. The Hall–Kier alpha value is -2.99. The minimum Gasteiger partial charge on any atom is -0.549 e. The Labute approximate surface area is 232 Å². The molecular formula is C27H35N3O8S-2. The van der Waals surface area contributed by atoms with Crippen LogP contribution in [0.3, 0.4) is 0 Å². The van der Waals surface area contributed by atoms with Crippen molar-refractivity contribution in [3.05, 3.63) is 24.0 Å². The van der Waals surface area contributed by atoms with Crippen LogP contribution in [0.5, 0.6) is 0 Å². The summed E-state index contributed by atoms with van der Waals surface area (Å²) in [5.41, 5.74) is 0. The Morgan fingerprint density at radius 3 is 2.49 bits per heavy atom. The van der Waals surface area contributed by atoms with Gasteiger partial charge in [0.25, 0.3) is 0 Å². The molecular weight excluding hydrogens is 526 g/mol. The van der Waals surface area contributed by atoms with Crippen molar-refractivity contribution in [2.24, 2.45) is 29.6 Å². The maximum atomic E-state index is 12.5. The number of ether oxygens (including phenoxy) is 1. The van der Waals surface area contributed by atoms with Crippen molar-refractivity contribution >= 4 is 41.0 Å². The Balaban J connectivity index is 1.38. The van der Waals surface area contributed by atoms with Crippen LogP contribution in [-0.4, -0.2) is 77.1 Å². The molecule has 1 aliphatic heterocycles. The van der Waals surface area contributed by atoms with Gasteiger partial charge in [0.05, 0.1) is 17.9 Å². The van der Waals surface area contributed by atoms with Crippen LogP contribution >= 0.6 is 12.2 Å². The number of rotatable bonds is 10. The molecule has 0 aromatic heterocycles. The number of aliphatic carboxylic acids is 3. The zero-order valence-electron chi connectivity index (χ0n) is 21.7. The zero-order valence-corrected chi connectivity index (χ0v) is 22.5. The first-order valence-electron chi connectivity index (χ1n) is 13.6. The van der Waals surface area contributed by atoms with E-state index in [0.717, 1.165) is 37.0 Å². The van der Waals surface area contributed by atoms with Crippen LogP contribution < -0.4 is 20.8 Å². The Bertz CT molecular complexity index is 1030. The zero-order chi connectivity index (χ0) is 28.1. The molecule has 4 aliphatic rings. The molecule has 214 valence electrons. The quantitative estimate of drug-likeness (QED) is 0.277. The number of hydrogen-bond donors (Lipinski definition) is 3. The van der Waals surface area contributed by atoms with E-state index in [1.54, 1.807) is 12.2 Å². The van der Waals surface area contributed by atoms with Gasteiger partial charge < -0.3 is 40.3 Å². The van der Waals surface area contributed by atoms with Gasteiger partial charge in [0.1, 0.15) is 11.9 Å². The van der Waals surface area contributed by atoms with Crippen LogP contribution in [0.15, 0.2) is 24.0 Å². The summed E-state index contributed by atoms with van der Waals surface area (Å²) >= 11 is 5.37. The molecule has 11 nitrogen and oxygen atoms in total. The van der Waals surface area contributed by atoms with Gasteiger partial charge in [0.15, 0.2) is 10.9 Å². The summed E-state index contributed by atoms with van der Waals surface area (Å²) in [5.74, 6) is -3.45. The second kappa shape index (κ2) is 12.9. The normalized spacial score (nSPS) is 31.8. The summed E-state index contributed by atoms with van der Waals surface area (Å²) < 4.78 is 6.28. The number of ketones is 1. The van der Waals surface area contributed by atoms with Crippen molar-refractivity contribution in [2.45, 2.75) is 57.1 Å². The van der Waals surface area contributed by atoms with E-state index in [4.69, 9.17) is 17.0 Å². The number of allylic oxidation sites excluding steroid dienone is 3. The van der Waals surface area contributed by atoms with E-state index >= 15 is 0 Å².